The summed E-state index contributed by atoms with van der Waals surface area (Å²) in [6, 6.07) is 11.6. The molecule has 3 aliphatic heterocycles. The zero-order chi connectivity index (χ0) is 20.8. The van der Waals surface area contributed by atoms with Gasteiger partial charge in [0.15, 0.2) is 0 Å². The molecule has 0 aliphatic carbocycles. The molecular formula is C25H40N4O. The Morgan fingerprint density at radius 1 is 0.867 bits per heavy atom. The molecule has 0 aromatic heterocycles. The third-order valence-electron chi connectivity index (χ3n) is 7.55. The second-order valence-electron chi connectivity index (χ2n) is 9.60. The summed E-state index contributed by atoms with van der Waals surface area (Å²) >= 11 is 0. The molecule has 0 radical (unpaired) electrons. The summed E-state index contributed by atoms with van der Waals surface area (Å²) in [6.45, 7) is 9.80. The first-order valence-electron chi connectivity index (χ1n) is 12.2. The fourth-order valence-corrected chi connectivity index (χ4v) is 5.46. The monoisotopic (exact) mass is 412 g/mol. The third kappa shape index (κ3) is 5.83. The van der Waals surface area contributed by atoms with Gasteiger partial charge in [0.05, 0.1) is 0 Å². The Balaban J connectivity index is 1.13. The minimum Gasteiger partial charge on any atom is -0.340 e. The lowest BCUT2D eigenvalue weighted by Crippen LogP contribution is -2.52. The van der Waals surface area contributed by atoms with E-state index in [0.717, 1.165) is 58.2 Å². The Labute approximate surface area is 183 Å². The van der Waals surface area contributed by atoms with Crippen molar-refractivity contribution in [2.75, 3.05) is 66.0 Å². The van der Waals surface area contributed by atoms with Crippen molar-refractivity contribution < 1.29 is 4.79 Å². The Morgan fingerprint density at radius 2 is 1.53 bits per heavy atom. The van der Waals surface area contributed by atoms with Crippen LogP contribution in [0.5, 0.6) is 0 Å². The Morgan fingerprint density at radius 3 is 2.20 bits per heavy atom. The van der Waals surface area contributed by atoms with Crippen molar-refractivity contribution in [2.24, 2.45) is 5.92 Å². The van der Waals surface area contributed by atoms with Crippen molar-refractivity contribution in [3.8, 4) is 0 Å². The molecule has 5 heteroatoms. The number of piperidine rings is 2. The van der Waals surface area contributed by atoms with Crippen LogP contribution >= 0.6 is 0 Å². The van der Waals surface area contributed by atoms with Crippen LogP contribution in [0.15, 0.2) is 30.3 Å². The molecule has 0 atom stereocenters. The van der Waals surface area contributed by atoms with Gasteiger partial charge in [0.1, 0.15) is 0 Å². The number of carbonyl (C=O) groups is 1. The van der Waals surface area contributed by atoms with E-state index in [2.05, 4.69) is 57.0 Å². The van der Waals surface area contributed by atoms with Gasteiger partial charge in [0.2, 0.25) is 5.91 Å². The molecule has 30 heavy (non-hydrogen) atoms. The van der Waals surface area contributed by atoms with E-state index in [9.17, 15) is 4.79 Å². The van der Waals surface area contributed by atoms with Crippen LogP contribution in [0.25, 0.3) is 0 Å². The number of carbonyl (C=O) groups excluding carboxylic acids is 1. The predicted octanol–water partition coefficient (Wildman–Crippen LogP) is 2.57. The normalized spacial score (nSPS) is 23.7. The van der Waals surface area contributed by atoms with E-state index in [-0.39, 0.29) is 5.92 Å². The predicted molar refractivity (Wildman–Crippen MR) is 123 cm³/mol. The maximum Gasteiger partial charge on any atom is 0.225 e. The molecule has 5 nitrogen and oxygen atoms in total. The molecule has 0 saturated carbocycles. The number of hydrogen-bond acceptors (Lipinski definition) is 4. The molecule has 1 amide bonds. The molecule has 166 valence electrons. The van der Waals surface area contributed by atoms with Crippen LogP contribution in [0.3, 0.4) is 0 Å². The zero-order valence-electron chi connectivity index (χ0n) is 18.8. The van der Waals surface area contributed by atoms with Crippen LogP contribution in [0, 0.1) is 5.92 Å². The molecule has 1 aromatic carbocycles. The molecule has 4 rings (SSSR count). The molecule has 3 aliphatic rings. The van der Waals surface area contributed by atoms with Gasteiger partial charge in [0, 0.05) is 38.1 Å². The quantitative estimate of drug-likeness (QED) is 0.718. The average Bonchev–Trinajstić information content (AvgIpc) is 2.80. The molecule has 3 fully saturated rings. The highest BCUT2D eigenvalue weighted by Crippen LogP contribution is 2.25. The van der Waals surface area contributed by atoms with E-state index in [4.69, 9.17) is 0 Å². The lowest BCUT2D eigenvalue weighted by atomic mass is 9.92. The highest BCUT2D eigenvalue weighted by Gasteiger charge is 2.33. The van der Waals surface area contributed by atoms with E-state index < -0.39 is 0 Å². The van der Waals surface area contributed by atoms with Crippen molar-refractivity contribution in [3.63, 3.8) is 0 Å². The van der Waals surface area contributed by atoms with Gasteiger partial charge in [-0.15, -0.1) is 0 Å². The minimum atomic E-state index is 0.266. The molecule has 0 unspecified atom stereocenters. The number of aryl methyl sites for hydroxylation is 1. The van der Waals surface area contributed by atoms with Gasteiger partial charge in [-0.1, -0.05) is 30.3 Å². The van der Waals surface area contributed by atoms with Crippen LogP contribution in [0.1, 0.15) is 37.7 Å². The zero-order valence-corrected chi connectivity index (χ0v) is 18.8. The van der Waals surface area contributed by atoms with Crippen molar-refractivity contribution in [2.45, 2.75) is 44.6 Å². The lowest BCUT2D eigenvalue weighted by molar-refractivity contribution is -0.139. The SMILES string of the molecule is CN1CCN(C(=O)C2CCN(C3CCN(CCCc4ccccc4)CC3)CC2)CC1. The summed E-state index contributed by atoms with van der Waals surface area (Å²) in [5.74, 6) is 0.693. The summed E-state index contributed by atoms with van der Waals surface area (Å²) in [4.78, 5) is 22.7. The Bertz CT molecular complexity index is 642. The van der Waals surface area contributed by atoms with Crippen molar-refractivity contribution in [1.29, 1.82) is 0 Å². The van der Waals surface area contributed by atoms with E-state index in [0.29, 0.717) is 5.91 Å². The molecule has 0 bridgehead atoms. The van der Waals surface area contributed by atoms with Crippen LogP contribution in [-0.4, -0.2) is 97.5 Å². The average molecular weight is 413 g/mol. The van der Waals surface area contributed by atoms with Gasteiger partial charge < -0.3 is 19.6 Å². The van der Waals surface area contributed by atoms with Gasteiger partial charge in [-0.05, 0) is 83.9 Å². The highest BCUT2D eigenvalue weighted by molar-refractivity contribution is 5.79. The van der Waals surface area contributed by atoms with Crippen LogP contribution in [0.4, 0.5) is 0 Å². The molecule has 3 heterocycles. The topological polar surface area (TPSA) is 30.0 Å². The van der Waals surface area contributed by atoms with Crippen molar-refractivity contribution in [3.05, 3.63) is 35.9 Å². The van der Waals surface area contributed by atoms with Crippen LogP contribution in [0.2, 0.25) is 0 Å². The number of likely N-dealkylation sites (N-methyl/N-ethyl adjacent to an activating group) is 1. The van der Waals surface area contributed by atoms with Gasteiger partial charge in [-0.3, -0.25) is 4.79 Å². The summed E-state index contributed by atoms with van der Waals surface area (Å²) < 4.78 is 0. The first kappa shape index (κ1) is 21.8. The van der Waals surface area contributed by atoms with E-state index >= 15 is 0 Å². The molecular weight excluding hydrogens is 372 g/mol. The molecule has 0 spiro atoms. The number of piperazine rings is 1. The lowest BCUT2D eigenvalue weighted by Gasteiger charge is -2.42. The van der Waals surface area contributed by atoms with Crippen molar-refractivity contribution in [1.82, 2.24) is 19.6 Å². The van der Waals surface area contributed by atoms with E-state index in [1.54, 1.807) is 0 Å². The van der Waals surface area contributed by atoms with Crippen LogP contribution in [-0.2, 0) is 11.2 Å². The standard InChI is InChI=1S/C25H40N4O/c1-26-18-20-29(21-19-26)25(30)23-9-16-28(17-10-23)24-11-14-27(15-12-24)13-5-8-22-6-3-2-4-7-22/h2-4,6-7,23-24H,5,8-21H2,1H3. The summed E-state index contributed by atoms with van der Waals surface area (Å²) in [7, 11) is 2.15. The number of likely N-dealkylation sites (tertiary alicyclic amines) is 2. The maximum absolute atomic E-state index is 12.9. The molecule has 3 saturated heterocycles. The highest BCUT2D eigenvalue weighted by atomic mass is 16.2. The molecule has 0 N–H and O–H groups in total. The largest absolute Gasteiger partial charge is 0.340 e. The number of rotatable bonds is 6. The Hall–Kier alpha value is -1.43. The van der Waals surface area contributed by atoms with Gasteiger partial charge >= 0.3 is 0 Å². The summed E-state index contributed by atoms with van der Waals surface area (Å²) in [5.41, 5.74) is 1.46. The fraction of sp³-hybridized carbons (Fsp3) is 0.720. The summed E-state index contributed by atoms with van der Waals surface area (Å²) in [6.07, 6.45) is 7.15. The second kappa shape index (κ2) is 10.7. The number of hydrogen-bond donors (Lipinski definition) is 0. The van der Waals surface area contributed by atoms with Gasteiger partial charge in [-0.25, -0.2) is 0 Å². The van der Waals surface area contributed by atoms with Crippen molar-refractivity contribution >= 4 is 5.91 Å². The first-order chi connectivity index (χ1) is 14.7. The van der Waals surface area contributed by atoms with Gasteiger partial charge in [-0.2, -0.15) is 0 Å². The van der Waals surface area contributed by atoms with Crippen LogP contribution < -0.4 is 0 Å². The fourth-order valence-electron chi connectivity index (χ4n) is 5.46. The smallest absolute Gasteiger partial charge is 0.225 e. The summed E-state index contributed by atoms with van der Waals surface area (Å²) in [5, 5.41) is 0. The first-order valence-corrected chi connectivity index (χ1v) is 12.2. The van der Waals surface area contributed by atoms with E-state index in [1.165, 1.54) is 50.9 Å². The number of nitrogens with zero attached hydrogens (tertiary/aromatic N) is 4. The number of amides is 1. The second-order valence-corrected chi connectivity index (χ2v) is 9.60. The third-order valence-corrected chi connectivity index (χ3v) is 7.55. The maximum atomic E-state index is 12.9. The van der Waals surface area contributed by atoms with E-state index in [1.807, 2.05) is 0 Å². The van der Waals surface area contributed by atoms with Gasteiger partial charge in [0.25, 0.3) is 0 Å². The minimum absolute atomic E-state index is 0.266. The Kier molecular flexibility index (Phi) is 7.80. The number of benzene rings is 1. The molecule has 1 aromatic rings.